The van der Waals surface area contributed by atoms with Crippen molar-refractivity contribution in [3.63, 3.8) is 0 Å². The van der Waals surface area contributed by atoms with Gasteiger partial charge in [-0.2, -0.15) is 0 Å². The van der Waals surface area contributed by atoms with Crippen molar-refractivity contribution in [2.45, 2.75) is 0 Å². The highest BCUT2D eigenvalue weighted by Crippen LogP contribution is 2.21. The van der Waals surface area contributed by atoms with Crippen molar-refractivity contribution >= 4 is 18.1 Å². The van der Waals surface area contributed by atoms with E-state index in [1.165, 1.54) is 5.69 Å². The molecule has 2 rings (SSSR count). The van der Waals surface area contributed by atoms with Crippen LogP contribution < -0.4 is 15.4 Å². The summed E-state index contributed by atoms with van der Waals surface area (Å²) >= 11 is 0. The molecule has 0 saturated carbocycles. The van der Waals surface area contributed by atoms with Crippen LogP contribution in [0.2, 0.25) is 0 Å². The fourth-order valence-electron chi connectivity index (χ4n) is 2.22. The number of rotatable bonds is 4. The zero-order valence-corrected chi connectivity index (χ0v) is 11.7. The molecule has 0 atom stereocenters. The summed E-state index contributed by atoms with van der Waals surface area (Å²) in [7, 11) is 1.71. The molecule has 0 amide bonds. The third kappa shape index (κ3) is 3.77. The summed E-state index contributed by atoms with van der Waals surface area (Å²) in [5.41, 5.74) is 6.82. The second kappa shape index (κ2) is 7.46. The van der Waals surface area contributed by atoms with Gasteiger partial charge in [0.15, 0.2) is 0 Å². The summed E-state index contributed by atoms with van der Waals surface area (Å²) in [4.78, 5) is 4.81. The quantitative estimate of drug-likeness (QED) is 0.894. The number of benzene rings is 1. The lowest BCUT2D eigenvalue weighted by atomic mass is 10.2. The van der Waals surface area contributed by atoms with E-state index in [1.54, 1.807) is 7.11 Å². The minimum absolute atomic E-state index is 0. The van der Waals surface area contributed by atoms with Gasteiger partial charge in [-0.25, -0.2) is 0 Å². The Kier molecular flexibility index (Phi) is 6.25. The summed E-state index contributed by atoms with van der Waals surface area (Å²) in [6.07, 6.45) is 0. The van der Waals surface area contributed by atoms with Crippen LogP contribution in [0.3, 0.4) is 0 Å². The molecule has 102 valence electrons. The molecule has 2 N–H and O–H groups in total. The van der Waals surface area contributed by atoms with Crippen molar-refractivity contribution < 1.29 is 4.74 Å². The zero-order chi connectivity index (χ0) is 12.1. The van der Waals surface area contributed by atoms with E-state index >= 15 is 0 Å². The maximum atomic E-state index is 5.57. The van der Waals surface area contributed by atoms with Crippen molar-refractivity contribution in [3.8, 4) is 5.75 Å². The van der Waals surface area contributed by atoms with Crippen molar-refractivity contribution in [1.29, 1.82) is 0 Å². The number of halogens is 1. The van der Waals surface area contributed by atoms with E-state index in [0.717, 1.165) is 45.0 Å². The molecule has 1 saturated heterocycles. The number of methoxy groups -OCH3 is 1. The summed E-state index contributed by atoms with van der Waals surface area (Å²) in [5, 5.41) is 0. The van der Waals surface area contributed by atoms with Gasteiger partial charge < -0.3 is 15.4 Å². The first-order valence-electron chi connectivity index (χ1n) is 6.15. The van der Waals surface area contributed by atoms with Crippen molar-refractivity contribution in [1.82, 2.24) is 4.90 Å². The Bertz CT molecular complexity index is 354. The van der Waals surface area contributed by atoms with Crippen LogP contribution in [0.15, 0.2) is 24.3 Å². The van der Waals surface area contributed by atoms with Crippen LogP contribution in [0.1, 0.15) is 0 Å². The molecule has 1 aliphatic heterocycles. The monoisotopic (exact) mass is 271 g/mol. The number of hydrogen-bond acceptors (Lipinski definition) is 4. The molecule has 1 heterocycles. The highest BCUT2D eigenvalue weighted by Gasteiger charge is 2.16. The molecule has 0 radical (unpaired) electrons. The van der Waals surface area contributed by atoms with Gasteiger partial charge in [-0.1, -0.05) is 6.07 Å². The van der Waals surface area contributed by atoms with Gasteiger partial charge in [0.2, 0.25) is 0 Å². The summed E-state index contributed by atoms with van der Waals surface area (Å²) < 4.78 is 5.25. The largest absolute Gasteiger partial charge is 0.497 e. The average molecular weight is 272 g/mol. The minimum Gasteiger partial charge on any atom is -0.497 e. The molecule has 0 aromatic heterocycles. The van der Waals surface area contributed by atoms with E-state index in [4.69, 9.17) is 10.5 Å². The van der Waals surface area contributed by atoms with Crippen LogP contribution >= 0.6 is 12.4 Å². The van der Waals surface area contributed by atoms with Gasteiger partial charge in [0, 0.05) is 51.0 Å². The third-order valence-corrected chi connectivity index (χ3v) is 3.24. The second-order valence-electron chi connectivity index (χ2n) is 4.32. The van der Waals surface area contributed by atoms with E-state index in [0.29, 0.717) is 0 Å². The van der Waals surface area contributed by atoms with Gasteiger partial charge in [0.1, 0.15) is 5.75 Å². The Morgan fingerprint density at radius 3 is 2.56 bits per heavy atom. The normalized spacial score (nSPS) is 16.2. The fraction of sp³-hybridized carbons (Fsp3) is 0.538. The van der Waals surface area contributed by atoms with Crippen molar-refractivity contribution in [2.24, 2.45) is 5.73 Å². The summed E-state index contributed by atoms with van der Waals surface area (Å²) in [6.45, 7) is 6.06. The number of piperazine rings is 1. The molecular weight excluding hydrogens is 250 g/mol. The van der Waals surface area contributed by atoms with E-state index < -0.39 is 0 Å². The molecule has 0 unspecified atom stereocenters. The molecule has 0 bridgehead atoms. The molecule has 0 spiro atoms. The maximum absolute atomic E-state index is 5.57. The van der Waals surface area contributed by atoms with Crippen molar-refractivity contribution in [3.05, 3.63) is 24.3 Å². The lowest BCUT2D eigenvalue weighted by molar-refractivity contribution is 0.265. The highest BCUT2D eigenvalue weighted by atomic mass is 35.5. The van der Waals surface area contributed by atoms with E-state index in [1.807, 2.05) is 12.1 Å². The van der Waals surface area contributed by atoms with Gasteiger partial charge in [0.25, 0.3) is 0 Å². The highest BCUT2D eigenvalue weighted by molar-refractivity contribution is 5.85. The van der Waals surface area contributed by atoms with Gasteiger partial charge in [0.05, 0.1) is 7.11 Å². The lowest BCUT2D eigenvalue weighted by Gasteiger charge is -2.36. The minimum atomic E-state index is 0. The van der Waals surface area contributed by atoms with Crippen LogP contribution in [0.5, 0.6) is 5.75 Å². The summed E-state index contributed by atoms with van der Waals surface area (Å²) in [6, 6.07) is 8.26. The lowest BCUT2D eigenvalue weighted by Crippen LogP contribution is -2.47. The SMILES string of the molecule is COc1cccc(N2CCN(CCN)CC2)c1.Cl. The maximum Gasteiger partial charge on any atom is 0.120 e. The fourth-order valence-corrected chi connectivity index (χ4v) is 2.22. The van der Waals surface area contributed by atoms with E-state index in [2.05, 4.69) is 21.9 Å². The zero-order valence-electron chi connectivity index (χ0n) is 10.8. The molecule has 4 nitrogen and oxygen atoms in total. The predicted octanol–water partition coefficient (Wildman–Crippen LogP) is 1.20. The Balaban J connectivity index is 0.00000162. The first-order valence-corrected chi connectivity index (χ1v) is 6.15. The van der Waals surface area contributed by atoms with Gasteiger partial charge in [-0.3, -0.25) is 4.90 Å². The third-order valence-electron chi connectivity index (χ3n) is 3.24. The van der Waals surface area contributed by atoms with Crippen LogP contribution in [-0.2, 0) is 0 Å². The molecule has 1 aromatic rings. The Morgan fingerprint density at radius 1 is 1.22 bits per heavy atom. The number of hydrogen-bond donors (Lipinski definition) is 1. The Hall–Kier alpha value is -0.970. The topological polar surface area (TPSA) is 41.7 Å². The first-order chi connectivity index (χ1) is 8.33. The van der Waals surface area contributed by atoms with Crippen LogP contribution in [0.25, 0.3) is 0 Å². The van der Waals surface area contributed by atoms with Crippen LogP contribution in [-0.4, -0.2) is 51.3 Å². The van der Waals surface area contributed by atoms with Gasteiger partial charge in [-0.05, 0) is 12.1 Å². The molecule has 1 aliphatic rings. The molecule has 5 heteroatoms. The average Bonchev–Trinajstić information content (AvgIpc) is 2.40. The van der Waals surface area contributed by atoms with Gasteiger partial charge in [-0.15, -0.1) is 12.4 Å². The van der Waals surface area contributed by atoms with E-state index in [9.17, 15) is 0 Å². The number of nitrogens with two attached hydrogens (primary N) is 1. The first kappa shape index (κ1) is 15.1. The Labute approximate surface area is 115 Å². The molecular formula is C13H22ClN3O. The number of ether oxygens (including phenoxy) is 1. The number of nitrogens with zero attached hydrogens (tertiary/aromatic N) is 2. The Morgan fingerprint density at radius 2 is 1.94 bits per heavy atom. The van der Waals surface area contributed by atoms with Crippen molar-refractivity contribution in [2.75, 3.05) is 51.3 Å². The predicted molar refractivity (Wildman–Crippen MR) is 77.9 cm³/mol. The smallest absolute Gasteiger partial charge is 0.120 e. The standard InChI is InChI=1S/C13H21N3O.ClH/c1-17-13-4-2-3-12(11-13)16-9-7-15(6-5-14)8-10-16;/h2-4,11H,5-10,14H2,1H3;1H. The molecule has 1 aromatic carbocycles. The summed E-state index contributed by atoms with van der Waals surface area (Å²) in [5.74, 6) is 0.923. The molecule has 18 heavy (non-hydrogen) atoms. The molecule has 1 fully saturated rings. The van der Waals surface area contributed by atoms with Crippen LogP contribution in [0, 0.1) is 0 Å². The molecule has 0 aliphatic carbocycles. The van der Waals surface area contributed by atoms with Crippen LogP contribution in [0.4, 0.5) is 5.69 Å². The second-order valence-corrected chi connectivity index (χ2v) is 4.32. The van der Waals surface area contributed by atoms with E-state index in [-0.39, 0.29) is 12.4 Å². The van der Waals surface area contributed by atoms with Gasteiger partial charge >= 0.3 is 0 Å². The number of anilines is 1.